The van der Waals surface area contributed by atoms with Crippen molar-refractivity contribution in [1.82, 2.24) is 9.80 Å². The zero-order valence-corrected chi connectivity index (χ0v) is 18.6. The number of likely N-dealkylation sites (tertiary alicyclic amines) is 1. The second-order valence-electron chi connectivity index (χ2n) is 8.11. The quantitative estimate of drug-likeness (QED) is 0.728. The molecule has 164 valence electrons. The predicted octanol–water partition coefficient (Wildman–Crippen LogP) is 3.55. The molecule has 0 aromatic heterocycles. The molecule has 2 amide bonds. The first-order chi connectivity index (χ1) is 15.0. The molecule has 0 aliphatic carbocycles. The van der Waals surface area contributed by atoms with Crippen LogP contribution in [0.15, 0.2) is 48.5 Å². The highest BCUT2D eigenvalue weighted by molar-refractivity contribution is 6.30. The van der Waals surface area contributed by atoms with Crippen LogP contribution in [-0.4, -0.2) is 68.0 Å². The summed E-state index contributed by atoms with van der Waals surface area (Å²) in [6.07, 6.45) is 1.68. The van der Waals surface area contributed by atoms with Crippen molar-refractivity contribution in [1.29, 1.82) is 0 Å². The van der Waals surface area contributed by atoms with Gasteiger partial charge in [-0.05, 0) is 61.4 Å². The van der Waals surface area contributed by atoms with E-state index < -0.39 is 0 Å². The lowest BCUT2D eigenvalue weighted by Gasteiger charge is -2.39. The molecule has 7 heteroatoms. The first-order valence-corrected chi connectivity index (χ1v) is 11.2. The maximum Gasteiger partial charge on any atom is 0.253 e. The van der Waals surface area contributed by atoms with Crippen molar-refractivity contribution in [3.63, 3.8) is 0 Å². The predicted molar refractivity (Wildman–Crippen MR) is 122 cm³/mol. The third-order valence-electron chi connectivity index (χ3n) is 6.18. The fraction of sp³-hybridized carbons (Fsp3) is 0.417. The van der Waals surface area contributed by atoms with Crippen LogP contribution in [-0.2, 0) is 4.79 Å². The van der Waals surface area contributed by atoms with Crippen LogP contribution in [0.1, 0.15) is 23.2 Å². The number of carbonyl (C=O) groups is 2. The summed E-state index contributed by atoms with van der Waals surface area (Å²) in [7, 11) is 1.66. The second-order valence-corrected chi connectivity index (χ2v) is 8.54. The number of hydrogen-bond donors (Lipinski definition) is 0. The van der Waals surface area contributed by atoms with E-state index in [1.54, 1.807) is 31.4 Å². The van der Waals surface area contributed by atoms with E-state index in [1.165, 1.54) is 0 Å². The van der Waals surface area contributed by atoms with Crippen molar-refractivity contribution in [2.24, 2.45) is 5.92 Å². The molecule has 1 atom stereocenters. The van der Waals surface area contributed by atoms with Crippen molar-refractivity contribution in [2.75, 3.05) is 51.3 Å². The van der Waals surface area contributed by atoms with E-state index in [-0.39, 0.29) is 17.7 Å². The van der Waals surface area contributed by atoms with Crippen LogP contribution < -0.4 is 9.64 Å². The molecule has 4 rings (SSSR count). The van der Waals surface area contributed by atoms with Crippen molar-refractivity contribution < 1.29 is 14.3 Å². The van der Waals surface area contributed by atoms with E-state index in [9.17, 15) is 9.59 Å². The van der Waals surface area contributed by atoms with Gasteiger partial charge in [-0.2, -0.15) is 0 Å². The standard InChI is InChI=1S/C24H28ClN3O3/c1-31-22-10-8-21(9-11-22)26-13-15-27(16-14-26)24(30)19-3-2-12-28(17-19)23(29)18-4-6-20(25)7-5-18/h4-11,19H,2-3,12-17H2,1H3. The van der Waals surface area contributed by atoms with E-state index in [0.29, 0.717) is 36.8 Å². The Morgan fingerprint density at radius 3 is 2.23 bits per heavy atom. The Kier molecular flexibility index (Phi) is 6.66. The first kappa shape index (κ1) is 21.5. The Morgan fingerprint density at radius 1 is 0.903 bits per heavy atom. The zero-order chi connectivity index (χ0) is 21.8. The minimum Gasteiger partial charge on any atom is -0.497 e. The molecule has 2 aromatic rings. The molecule has 0 N–H and O–H groups in total. The number of anilines is 1. The minimum absolute atomic E-state index is 0.0292. The lowest BCUT2D eigenvalue weighted by molar-refractivity contribution is -0.137. The number of carbonyl (C=O) groups excluding carboxylic acids is 2. The number of benzene rings is 2. The van der Waals surface area contributed by atoms with Crippen LogP contribution in [0.2, 0.25) is 5.02 Å². The van der Waals surface area contributed by atoms with Gasteiger partial charge in [0.2, 0.25) is 5.91 Å². The van der Waals surface area contributed by atoms with Gasteiger partial charge in [0.15, 0.2) is 0 Å². The van der Waals surface area contributed by atoms with Gasteiger partial charge in [-0.3, -0.25) is 9.59 Å². The molecule has 0 saturated carbocycles. The van der Waals surface area contributed by atoms with Gasteiger partial charge in [0.1, 0.15) is 5.75 Å². The summed E-state index contributed by atoms with van der Waals surface area (Å²) in [5, 5.41) is 0.608. The Hall–Kier alpha value is -2.73. The van der Waals surface area contributed by atoms with Crippen molar-refractivity contribution in [3.05, 3.63) is 59.1 Å². The summed E-state index contributed by atoms with van der Waals surface area (Å²) >= 11 is 5.93. The smallest absolute Gasteiger partial charge is 0.253 e. The van der Waals surface area contributed by atoms with Crippen molar-refractivity contribution >= 4 is 29.1 Å². The van der Waals surface area contributed by atoms with Gasteiger partial charge in [-0.1, -0.05) is 11.6 Å². The Labute approximate surface area is 188 Å². The molecule has 2 fully saturated rings. The average molecular weight is 442 g/mol. The highest BCUT2D eigenvalue weighted by Crippen LogP contribution is 2.24. The highest BCUT2D eigenvalue weighted by atomic mass is 35.5. The highest BCUT2D eigenvalue weighted by Gasteiger charge is 2.33. The van der Waals surface area contributed by atoms with Gasteiger partial charge >= 0.3 is 0 Å². The van der Waals surface area contributed by atoms with Gasteiger partial charge in [-0.15, -0.1) is 0 Å². The van der Waals surface area contributed by atoms with E-state index in [2.05, 4.69) is 17.0 Å². The minimum atomic E-state index is -0.127. The van der Waals surface area contributed by atoms with Gasteiger partial charge in [0.05, 0.1) is 13.0 Å². The summed E-state index contributed by atoms with van der Waals surface area (Å²) in [6, 6.07) is 15.0. The SMILES string of the molecule is COc1ccc(N2CCN(C(=O)C3CCCN(C(=O)c4ccc(Cl)cc4)C3)CC2)cc1. The number of ether oxygens (including phenoxy) is 1. The molecule has 2 heterocycles. The van der Waals surface area contributed by atoms with E-state index in [4.69, 9.17) is 16.3 Å². The number of rotatable bonds is 4. The van der Waals surface area contributed by atoms with E-state index >= 15 is 0 Å². The number of piperazine rings is 1. The number of nitrogens with zero attached hydrogens (tertiary/aromatic N) is 3. The average Bonchev–Trinajstić information content (AvgIpc) is 2.84. The second kappa shape index (κ2) is 9.60. The summed E-state index contributed by atoms with van der Waals surface area (Å²) in [5.74, 6) is 0.853. The van der Waals surface area contributed by atoms with E-state index in [0.717, 1.165) is 37.4 Å². The summed E-state index contributed by atoms with van der Waals surface area (Å²) in [4.78, 5) is 32.1. The third-order valence-corrected chi connectivity index (χ3v) is 6.43. The Morgan fingerprint density at radius 2 is 1.58 bits per heavy atom. The van der Waals surface area contributed by atoms with E-state index in [1.807, 2.05) is 21.9 Å². The normalized spacial score (nSPS) is 19.3. The van der Waals surface area contributed by atoms with Gasteiger partial charge in [-0.25, -0.2) is 0 Å². The van der Waals surface area contributed by atoms with Gasteiger partial charge < -0.3 is 19.4 Å². The molecule has 2 aromatic carbocycles. The molecule has 0 bridgehead atoms. The molecular weight excluding hydrogens is 414 g/mol. The molecule has 0 radical (unpaired) electrons. The van der Waals surface area contributed by atoms with Crippen molar-refractivity contribution in [3.8, 4) is 5.75 Å². The van der Waals surface area contributed by atoms with Crippen LogP contribution in [0.25, 0.3) is 0 Å². The molecule has 2 aliphatic rings. The summed E-state index contributed by atoms with van der Waals surface area (Å²) in [6.45, 7) is 4.19. The number of hydrogen-bond acceptors (Lipinski definition) is 4. The Bertz CT molecular complexity index is 909. The molecular formula is C24H28ClN3O3. The van der Waals surface area contributed by atoms with Gasteiger partial charge in [0.25, 0.3) is 5.91 Å². The number of amides is 2. The fourth-order valence-corrected chi connectivity index (χ4v) is 4.50. The zero-order valence-electron chi connectivity index (χ0n) is 17.8. The topological polar surface area (TPSA) is 53.1 Å². The maximum atomic E-state index is 13.2. The largest absolute Gasteiger partial charge is 0.497 e. The molecule has 0 spiro atoms. The molecule has 31 heavy (non-hydrogen) atoms. The molecule has 2 aliphatic heterocycles. The molecule has 1 unspecified atom stereocenters. The van der Waals surface area contributed by atoms with Crippen LogP contribution in [0.3, 0.4) is 0 Å². The van der Waals surface area contributed by atoms with Crippen molar-refractivity contribution in [2.45, 2.75) is 12.8 Å². The Balaban J connectivity index is 1.33. The first-order valence-electron chi connectivity index (χ1n) is 10.8. The van der Waals surface area contributed by atoms with Gasteiger partial charge in [0, 0.05) is 55.5 Å². The number of methoxy groups -OCH3 is 1. The fourth-order valence-electron chi connectivity index (χ4n) is 4.37. The number of piperidine rings is 1. The number of halogens is 1. The van der Waals surface area contributed by atoms with Crippen LogP contribution in [0, 0.1) is 5.92 Å². The summed E-state index contributed by atoms with van der Waals surface area (Å²) in [5.41, 5.74) is 1.76. The van der Waals surface area contributed by atoms with Crippen LogP contribution >= 0.6 is 11.6 Å². The monoisotopic (exact) mass is 441 g/mol. The van der Waals surface area contributed by atoms with Crippen LogP contribution in [0.4, 0.5) is 5.69 Å². The third kappa shape index (κ3) is 4.96. The summed E-state index contributed by atoms with van der Waals surface area (Å²) < 4.78 is 5.23. The lowest BCUT2D eigenvalue weighted by atomic mass is 9.95. The molecule has 6 nitrogen and oxygen atoms in total. The lowest BCUT2D eigenvalue weighted by Crippen LogP contribution is -2.53. The molecule has 2 saturated heterocycles. The van der Waals surface area contributed by atoms with Crippen LogP contribution in [0.5, 0.6) is 5.75 Å². The maximum absolute atomic E-state index is 13.2.